The van der Waals surface area contributed by atoms with Crippen LogP contribution in [0.4, 0.5) is 0 Å². The smallest absolute Gasteiger partial charge is 0.357 e. The van der Waals surface area contributed by atoms with Crippen LogP contribution in [0, 0.1) is 0 Å². The maximum Gasteiger partial charge on any atom is 0.357 e. The highest BCUT2D eigenvalue weighted by Gasteiger charge is 2.35. The molecular weight excluding hydrogens is 174 g/mol. The van der Waals surface area contributed by atoms with Gasteiger partial charge in [0.25, 0.3) is 0 Å². The Balaban J connectivity index is 4.49. The molecule has 0 aliphatic heterocycles. The summed E-state index contributed by atoms with van der Waals surface area (Å²) in [6, 6.07) is 0. The number of hydrogen-bond acceptors (Lipinski definition) is 3. The molecule has 5 heteroatoms. The van der Waals surface area contributed by atoms with Crippen LogP contribution in [-0.2, 0) is 9.59 Å². The van der Waals surface area contributed by atoms with Gasteiger partial charge in [-0.3, -0.25) is 4.79 Å². The number of aliphatic carboxylic acids is 1. The van der Waals surface area contributed by atoms with E-state index < -0.39 is 17.6 Å². The minimum absolute atomic E-state index is 0.0398. The molecule has 5 nitrogen and oxygen atoms in total. The number of carbonyl (C=O) groups is 2. The third kappa shape index (κ3) is 3.25. The van der Waals surface area contributed by atoms with E-state index in [9.17, 15) is 14.7 Å². The van der Waals surface area contributed by atoms with Gasteiger partial charge in [-0.2, -0.15) is 0 Å². The molecule has 0 rings (SSSR count). The van der Waals surface area contributed by atoms with Gasteiger partial charge < -0.3 is 15.5 Å². The normalized spacial score (nSPS) is 14.3. The maximum atomic E-state index is 10.8. The number of carboxylic acid groups (broad SMARTS) is 1. The summed E-state index contributed by atoms with van der Waals surface area (Å²) < 4.78 is 0. The van der Waals surface area contributed by atoms with Crippen molar-refractivity contribution in [2.24, 2.45) is 0 Å². The predicted octanol–water partition coefficient (Wildman–Crippen LogP) is -0.138. The molecule has 0 radical (unpaired) electrons. The molecular formula is C8H13NO4. The van der Waals surface area contributed by atoms with Crippen LogP contribution >= 0.6 is 0 Å². The van der Waals surface area contributed by atoms with Crippen molar-refractivity contribution in [2.45, 2.75) is 25.5 Å². The summed E-state index contributed by atoms with van der Waals surface area (Å²) in [6.45, 7) is 4.85. The van der Waals surface area contributed by atoms with Crippen LogP contribution in [0.1, 0.15) is 19.8 Å². The van der Waals surface area contributed by atoms with E-state index in [1.807, 2.05) is 5.32 Å². The topological polar surface area (TPSA) is 86.6 Å². The van der Waals surface area contributed by atoms with Gasteiger partial charge in [-0.15, -0.1) is 0 Å². The summed E-state index contributed by atoms with van der Waals surface area (Å²) in [5.74, 6) is -2.18. The molecule has 13 heavy (non-hydrogen) atoms. The SMILES string of the molecule is C=CC(=O)NC(O)(CCC)C(=O)O. The average molecular weight is 187 g/mol. The standard InChI is InChI=1S/C8H13NO4/c1-3-5-8(13,7(11)12)9-6(10)4-2/h4,13H,2-3,5H2,1H3,(H,9,10)(H,11,12). The number of aliphatic hydroxyl groups is 1. The first-order valence-electron chi connectivity index (χ1n) is 3.86. The van der Waals surface area contributed by atoms with Crippen molar-refractivity contribution in [1.82, 2.24) is 5.32 Å². The number of amides is 1. The van der Waals surface area contributed by atoms with E-state index in [0.717, 1.165) is 6.08 Å². The fourth-order valence-corrected chi connectivity index (χ4v) is 0.840. The van der Waals surface area contributed by atoms with Crippen LogP contribution in [0.15, 0.2) is 12.7 Å². The molecule has 1 atom stereocenters. The lowest BCUT2D eigenvalue weighted by Crippen LogP contribution is -2.54. The molecule has 0 fully saturated rings. The van der Waals surface area contributed by atoms with Gasteiger partial charge in [0.1, 0.15) is 0 Å². The van der Waals surface area contributed by atoms with E-state index in [-0.39, 0.29) is 6.42 Å². The number of nitrogens with one attached hydrogen (secondary N) is 1. The second kappa shape index (κ2) is 4.61. The number of hydrogen-bond donors (Lipinski definition) is 3. The van der Waals surface area contributed by atoms with Gasteiger partial charge in [0.15, 0.2) is 0 Å². The van der Waals surface area contributed by atoms with Gasteiger partial charge in [-0.25, -0.2) is 4.79 Å². The van der Waals surface area contributed by atoms with Gasteiger partial charge in [0.05, 0.1) is 0 Å². The average Bonchev–Trinajstić information content (AvgIpc) is 2.04. The van der Waals surface area contributed by atoms with E-state index in [0.29, 0.717) is 6.42 Å². The van der Waals surface area contributed by atoms with E-state index >= 15 is 0 Å². The third-order valence-corrected chi connectivity index (χ3v) is 1.48. The van der Waals surface area contributed by atoms with Crippen molar-refractivity contribution in [3.05, 3.63) is 12.7 Å². The predicted molar refractivity (Wildman–Crippen MR) is 45.8 cm³/mol. The van der Waals surface area contributed by atoms with E-state index in [1.54, 1.807) is 6.92 Å². The molecule has 0 aromatic heterocycles. The molecule has 0 spiro atoms. The summed E-state index contributed by atoms with van der Waals surface area (Å²) >= 11 is 0. The molecule has 0 aliphatic carbocycles. The minimum Gasteiger partial charge on any atom is -0.478 e. The number of carboxylic acids is 1. The van der Waals surface area contributed by atoms with Crippen LogP contribution < -0.4 is 5.32 Å². The zero-order chi connectivity index (χ0) is 10.5. The first-order valence-corrected chi connectivity index (χ1v) is 3.86. The molecule has 0 aliphatic rings. The van der Waals surface area contributed by atoms with Crippen molar-refractivity contribution in [3.63, 3.8) is 0 Å². The summed E-state index contributed by atoms with van der Waals surface area (Å²) in [5, 5.41) is 20.0. The third-order valence-electron chi connectivity index (χ3n) is 1.48. The molecule has 1 amide bonds. The van der Waals surface area contributed by atoms with Crippen LogP contribution in [0.2, 0.25) is 0 Å². The highest BCUT2D eigenvalue weighted by Crippen LogP contribution is 2.09. The van der Waals surface area contributed by atoms with Crippen molar-refractivity contribution in [1.29, 1.82) is 0 Å². The van der Waals surface area contributed by atoms with E-state index in [2.05, 4.69) is 6.58 Å². The first-order chi connectivity index (χ1) is 5.96. The lowest BCUT2D eigenvalue weighted by Gasteiger charge is -2.23. The summed E-state index contributed by atoms with van der Waals surface area (Å²) in [7, 11) is 0. The Morgan fingerprint density at radius 1 is 1.62 bits per heavy atom. The van der Waals surface area contributed by atoms with Crippen LogP contribution in [-0.4, -0.2) is 27.8 Å². The number of rotatable bonds is 5. The Labute approximate surface area is 76.1 Å². The second-order valence-corrected chi connectivity index (χ2v) is 2.61. The Morgan fingerprint density at radius 2 is 2.15 bits per heavy atom. The molecule has 0 heterocycles. The van der Waals surface area contributed by atoms with E-state index in [4.69, 9.17) is 5.11 Å². The second-order valence-electron chi connectivity index (χ2n) is 2.61. The molecule has 0 aromatic rings. The highest BCUT2D eigenvalue weighted by atomic mass is 16.4. The van der Waals surface area contributed by atoms with Gasteiger partial charge in [-0.05, 0) is 6.08 Å². The largest absolute Gasteiger partial charge is 0.478 e. The molecule has 1 unspecified atom stereocenters. The van der Waals surface area contributed by atoms with Crippen molar-refractivity contribution < 1.29 is 19.8 Å². The van der Waals surface area contributed by atoms with Crippen molar-refractivity contribution >= 4 is 11.9 Å². The molecule has 0 bridgehead atoms. The van der Waals surface area contributed by atoms with Crippen LogP contribution in [0.3, 0.4) is 0 Å². The Bertz CT molecular complexity index is 226. The Hall–Kier alpha value is -1.36. The maximum absolute atomic E-state index is 10.8. The lowest BCUT2D eigenvalue weighted by molar-refractivity contribution is -0.165. The summed E-state index contributed by atoms with van der Waals surface area (Å²) in [5.41, 5.74) is -2.18. The lowest BCUT2D eigenvalue weighted by atomic mass is 10.1. The molecule has 0 saturated heterocycles. The molecule has 3 N–H and O–H groups in total. The summed E-state index contributed by atoms with van der Waals surface area (Å²) in [4.78, 5) is 21.3. The monoisotopic (exact) mass is 187 g/mol. The summed E-state index contributed by atoms with van der Waals surface area (Å²) in [6.07, 6.45) is 1.31. The van der Waals surface area contributed by atoms with Crippen LogP contribution in [0.5, 0.6) is 0 Å². The van der Waals surface area contributed by atoms with Crippen molar-refractivity contribution in [3.8, 4) is 0 Å². The highest BCUT2D eigenvalue weighted by molar-refractivity contribution is 5.91. The number of carbonyl (C=O) groups excluding carboxylic acids is 1. The zero-order valence-electron chi connectivity index (χ0n) is 7.41. The van der Waals surface area contributed by atoms with Crippen LogP contribution in [0.25, 0.3) is 0 Å². The van der Waals surface area contributed by atoms with Gasteiger partial charge in [0.2, 0.25) is 11.6 Å². The Kier molecular flexibility index (Phi) is 4.13. The fraction of sp³-hybridized carbons (Fsp3) is 0.500. The van der Waals surface area contributed by atoms with Gasteiger partial charge in [0, 0.05) is 6.42 Å². The van der Waals surface area contributed by atoms with Gasteiger partial charge >= 0.3 is 5.97 Å². The minimum atomic E-state index is -2.18. The first kappa shape index (κ1) is 11.6. The van der Waals surface area contributed by atoms with E-state index in [1.165, 1.54) is 0 Å². The molecule has 74 valence electrons. The molecule has 0 saturated carbocycles. The zero-order valence-corrected chi connectivity index (χ0v) is 7.41. The van der Waals surface area contributed by atoms with Gasteiger partial charge in [-0.1, -0.05) is 19.9 Å². The molecule has 0 aromatic carbocycles. The fourth-order valence-electron chi connectivity index (χ4n) is 0.840. The quantitative estimate of drug-likeness (QED) is 0.413. The Morgan fingerprint density at radius 3 is 2.46 bits per heavy atom. The van der Waals surface area contributed by atoms with Crippen molar-refractivity contribution in [2.75, 3.05) is 0 Å².